The molecule has 0 amide bonds. The average Bonchev–Trinajstić information content (AvgIpc) is 2.79. The van der Waals surface area contributed by atoms with Crippen LogP contribution in [-0.2, 0) is 14.3 Å². The lowest BCUT2D eigenvalue weighted by molar-refractivity contribution is -0.138. The lowest BCUT2D eigenvalue weighted by Gasteiger charge is -2.52. The standard InChI is InChI=1S/C27H41NO6/c1-16-11-12-21-19(13-16)14-17(2)20(10-8-6-7-9-18(3)30)27(21,4)25(32)23(26(33)34-5)24(31)22(28)15-29/h6-8,10,14,16,18-22,29-30,32H,9,11-13,15,28H2,1-5H3/b7-6-,10-8+,25-23+/t16-,18-,19-,20+,21-,22+,27+/m0/s1. The van der Waals surface area contributed by atoms with Gasteiger partial charge in [-0.3, -0.25) is 4.79 Å². The van der Waals surface area contributed by atoms with E-state index in [9.17, 15) is 24.9 Å². The predicted molar refractivity (Wildman–Crippen MR) is 132 cm³/mol. The summed E-state index contributed by atoms with van der Waals surface area (Å²) < 4.78 is 4.85. The largest absolute Gasteiger partial charge is 0.511 e. The summed E-state index contributed by atoms with van der Waals surface area (Å²) in [6.07, 6.45) is 12.7. The molecule has 0 bridgehead atoms. The van der Waals surface area contributed by atoms with Crippen LogP contribution >= 0.6 is 0 Å². The van der Waals surface area contributed by atoms with Gasteiger partial charge in [0.25, 0.3) is 0 Å². The zero-order chi connectivity index (χ0) is 25.6. The number of aliphatic hydroxyl groups excluding tert-OH is 3. The number of allylic oxidation sites excluding steroid dienone is 6. The molecule has 7 heteroatoms. The van der Waals surface area contributed by atoms with Crippen LogP contribution < -0.4 is 5.73 Å². The van der Waals surface area contributed by atoms with Crippen molar-refractivity contribution in [2.75, 3.05) is 13.7 Å². The highest BCUT2D eigenvalue weighted by Crippen LogP contribution is 2.57. The first-order valence-electron chi connectivity index (χ1n) is 12.1. The van der Waals surface area contributed by atoms with Gasteiger partial charge in [0.15, 0.2) is 5.78 Å². The van der Waals surface area contributed by atoms with Crippen LogP contribution in [0.1, 0.15) is 53.4 Å². The van der Waals surface area contributed by atoms with Crippen molar-refractivity contribution in [3.8, 4) is 0 Å². The predicted octanol–water partition coefficient (Wildman–Crippen LogP) is 3.38. The van der Waals surface area contributed by atoms with E-state index >= 15 is 0 Å². The minimum atomic E-state index is -1.33. The Morgan fingerprint density at radius 2 is 2.00 bits per heavy atom. The lowest BCUT2D eigenvalue weighted by atomic mass is 9.52. The fraction of sp³-hybridized carbons (Fsp3) is 0.630. The van der Waals surface area contributed by atoms with E-state index in [2.05, 4.69) is 13.0 Å². The van der Waals surface area contributed by atoms with E-state index in [-0.39, 0.29) is 23.5 Å². The molecule has 1 fully saturated rings. The molecular weight excluding hydrogens is 434 g/mol. The second kappa shape index (κ2) is 12.0. The zero-order valence-electron chi connectivity index (χ0n) is 21.0. The van der Waals surface area contributed by atoms with Gasteiger partial charge in [0.2, 0.25) is 0 Å². The minimum Gasteiger partial charge on any atom is -0.511 e. The number of nitrogens with two attached hydrogens (primary N) is 1. The highest BCUT2D eigenvalue weighted by molar-refractivity contribution is 6.19. The molecular formula is C27H41NO6. The molecule has 0 aromatic heterocycles. The molecule has 2 aliphatic carbocycles. The molecule has 2 rings (SSSR count). The van der Waals surface area contributed by atoms with Crippen LogP contribution in [0.25, 0.3) is 0 Å². The Bertz CT molecular complexity index is 870. The number of hydrogen-bond donors (Lipinski definition) is 4. The molecule has 0 aromatic carbocycles. The summed E-state index contributed by atoms with van der Waals surface area (Å²) in [7, 11) is 1.15. The quantitative estimate of drug-likeness (QED) is 0.0765. The van der Waals surface area contributed by atoms with Crippen LogP contribution in [0.15, 0.2) is 47.3 Å². The molecule has 1 saturated carbocycles. The van der Waals surface area contributed by atoms with Crippen molar-refractivity contribution < 1.29 is 29.6 Å². The van der Waals surface area contributed by atoms with E-state index in [4.69, 9.17) is 10.5 Å². The van der Waals surface area contributed by atoms with Crippen molar-refractivity contribution in [3.05, 3.63) is 47.3 Å². The number of carbonyl (C=O) groups excluding carboxylic acids is 2. The van der Waals surface area contributed by atoms with E-state index in [1.54, 1.807) is 6.92 Å². The molecule has 0 heterocycles. The lowest BCUT2D eigenvalue weighted by Crippen LogP contribution is -2.48. The van der Waals surface area contributed by atoms with Crippen LogP contribution in [0.3, 0.4) is 0 Å². The zero-order valence-corrected chi connectivity index (χ0v) is 21.0. The SMILES string of the molecule is COC(=O)/C(C(=O)[C@H](N)CO)=C(/O)[C@]1(C)[C@H](/C=C/C=C\C[C@H](C)O)C(C)=C[C@@H]2C[C@@H](C)CC[C@@H]21. The average molecular weight is 476 g/mol. The van der Waals surface area contributed by atoms with E-state index in [1.807, 2.05) is 38.2 Å². The number of Topliss-reactive ketones (excluding diaryl/α,β-unsaturated/α-hetero) is 1. The van der Waals surface area contributed by atoms with Crippen LogP contribution in [0.5, 0.6) is 0 Å². The third-order valence-corrected chi connectivity index (χ3v) is 7.49. The fourth-order valence-electron chi connectivity index (χ4n) is 5.66. The first kappa shape index (κ1) is 28.0. The van der Waals surface area contributed by atoms with E-state index in [0.717, 1.165) is 31.9 Å². The number of esters is 1. The van der Waals surface area contributed by atoms with Gasteiger partial charge in [-0.15, -0.1) is 0 Å². The van der Waals surface area contributed by atoms with Gasteiger partial charge in [0, 0.05) is 11.3 Å². The normalized spacial score (nSPS) is 32.1. The molecule has 2 aliphatic rings. The molecule has 7 atom stereocenters. The van der Waals surface area contributed by atoms with E-state index in [1.165, 1.54) is 0 Å². The second-order valence-electron chi connectivity index (χ2n) is 10.1. The smallest absolute Gasteiger partial charge is 0.345 e. The third kappa shape index (κ3) is 5.88. The monoisotopic (exact) mass is 475 g/mol. The molecule has 0 saturated heterocycles. The Hall–Kier alpha value is -2.22. The molecule has 0 unspecified atom stereocenters. The van der Waals surface area contributed by atoms with E-state index in [0.29, 0.717) is 12.3 Å². The van der Waals surface area contributed by atoms with Gasteiger partial charge in [-0.05, 0) is 50.9 Å². The number of rotatable bonds is 9. The maximum Gasteiger partial charge on any atom is 0.345 e. The number of methoxy groups -OCH3 is 1. The maximum absolute atomic E-state index is 13.0. The molecule has 0 aromatic rings. The van der Waals surface area contributed by atoms with Crippen LogP contribution in [-0.4, -0.2) is 52.9 Å². The number of hydrogen-bond acceptors (Lipinski definition) is 7. The summed E-state index contributed by atoms with van der Waals surface area (Å²) in [5.41, 5.74) is 5.38. The molecule has 0 spiro atoms. The van der Waals surface area contributed by atoms with Crippen molar-refractivity contribution in [1.29, 1.82) is 0 Å². The summed E-state index contributed by atoms with van der Waals surface area (Å²) in [5.74, 6) is -1.65. The molecule has 7 nitrogen and oxygen atoms in total. The van der Waals surface area contributed by atoms with Gasteiger partial charge in [-0.1, -0.05) is 56.2 Å². The third-order valence-electron chi connectivity index (χ3n) is 7.49. The van der Waals surface area contributed by atoms with Crippen molar-refractivity contribution in [1.82, 2.24) is 0 Å². The molecule has 34 heavy (non-hydrogen) atoms. The number of ether oxygens (including phenoxy) is 1. The molecule has 0 radical (unpaired) electrons. The topological polar surface area (TPSA) is 130 Å². The van der Waals surface area contributed by atoms with Gasteiger partial charge >= 0.3 is 5.97 Å². The fourth-order valence-corrected chi connectivity index (χ4v) is 5.66. The summed E-state index contributed by atoms with van der Waals surface area (Å²) in [4.78, 5) is 25.7. The molecule has 0 aliphatic heterocycles. The van der Waals surface area contributed by atoms with Gasteiger partial charge in [-0.2, -0.15) is 0 Å². The maximum atomic E-state index is 13.0. The number of carbonyl (C=O) groups is 2. The highest BCUT2D eigenvalue weighted by atomic mass is 16.5. The van der Waals surface area contributed by atoms with Crippen molar-refractivity contribution >= 4 is 11.8 Å². The summed E-state index contributed by atoms with van der Waals surface area (Å²) >= 11 is 0. The van der Waals surface area contributed by atoms with Crippen LogP contribution in [0, 0.1) is 29.1 Å². The highest BCUT2D eigenvalue weighted by Gasteiger charge is 2.53. The van der Waals surface area contributed by atoms with E-state index < -0.39 is 41.5 Å². The van der Waals surface area contributed by atoms with Gasteiger partial charge < -0.3 is 25.8 Å². The van der Waals surface area contributed by atoms with Crippen LogP contribution in [0.4, 0.5) is 0 Å². The first-order valence-corrected chi connectivity index (χ1v) is 12.1. The van der Waals surface area contributed by atoms with Crippen molar-refractivity contribution in [2.24, 2.45) is 34.8 Å². The van der Waals surface area contributed by atoms with Crippen molar-refractivity contribution in [3.63, 3.8) is 0 Å². The Morgan fingerprint density at radius 3 is 2.59 bits per heavy atom. The Kier molecular flexibility index (Phi) is 9.85. The molecule has 5 N–H and O–H groups in total. The van der Waals surface area contributed by atoms with Crippen LogP contribution in [0.2, 0.25) is 0 Å². The number of fused-ring (bicyclic) bond motifs is 1. The number of aliphatic hydroxyl groups is 3. The molecule has 190 valence electrons. The summed E-state index contributed by atoms with van der Waals surface area (Å²) in [5, 5.41) is 30.6. The first-order chi connectivity index (χ1) is 16.0. The summed E-state index contributed by atoms with van der Waals surface area (Å²) in [6, 6.07) is -1.33. The van der Waals surface area contributed by atoms with Gasteiger partial charge in [0.05, 0.1) is 25.9 Å². The second-order valence-corrected chi connectivity index (χ2v) is 10.1. The van der Waals surface area contributed by atoms with Gasteiger partial charge in [-0.25, -0.2) is 4.79 Å². The van der Waals surface area contributed by atoms with Gasteiger partial charge in [0.1, 0.15) is 11.3 Å². The Morgan fingerprint density at radius 1 is 1.32 bits per heavy atom. The number of ketones is 1. The Labute approximate surface area is 203 Å². The minimum absolute atomic E-state index is 0.00120. The summed E-state index contributed by atoms with van der Waals surface area (Å²) in [6.45, 7) is 7.20. The van der Waals surface area contributed by atoms with Crippen molar-refractivity contribution in [2.45, 2.75) is 65.5 Å². The Balaban J connectivity index is 2.68.